The number of rotatable bonds is 21. The summed E-state index contributed by atoms with van der Waals surface area (Å²) >= 11 is 0. The van der Waals surface area contributed by atoms with Gasteiger partial charge in [-0.2, -0.15) is 0 Å². The number of aliphatic carboxylic acids is 1. The molecule has 0 heterocycles. The van der Waals surface area contributed by atoms with Crippen molar-refractivity contribution in [2.75, 3.05) is 0 Å². The van der Waals surface area contributed by atoms with Gasteiger partial charge in [0, 0.05) is 12.8 Å². The Kier molecular flexibility index (Phi) is 18.3. The molecule has 0 aromatic carbocycles. The van der Waals surface area contributed by atoms with Crippen LogP contribution in [0.25, 0.3) is 0 Å². The molecule has 8 heteroatoms. The molecule has 0 saturated carbocycles. The van der Waals surface area contributed by atoms with Crippen LogP contribution in [-0.2, 0) is 19.2 Å². The molecular formula is C24H45N3O5. The molecule has 5 N–H and O–H groups in total. The molecular weight excluding hydrogens is 410 g/mol. The number of carboxylic acid groups (broad SMARTS) is 1. The second-order valence-corrected chi connectivity index (χ2v) is 8.69. The van der Waals surface area contributed by atoms with Gasteiger partial charge < -0.3 is 21.5 Å². The molecule has 0 aliphatic carbocycles. The maximum atomic E-state index is 12.1. The summed E-state index contributed by atoms with van der Waals surface area (Å²) in [7, 11) is 0. The average molecular weight is 456 g/mol. The standard InChI is InChI=1S/C24H45N3O5/c1-3-4-5-6-7-8-9-10-11-12-13-14-15-16-22(29)26-19(2)23(30)27-20(24(31)32)17-18-21(25)28/h19-20H,3-18H2,1-2H3,(H2,25,28)(H,26,29)(H,27,30)(H,31,32)/t19-,20-/m0/s1. The van der Waals surface area contributed by atoms with Crippen LogP contribution in [-0.4, -0.2) is 40.9 Å². The second kappa shape index (κ2) is 19.6. The number of hydrogen-bond acceptors (Lipinski definition) is 4. The number of carboxylic acids is 1. The first-order valence-electron chi connectivity index (χ1n) is 12.4. The number of carbonyl (C=O) groups excluding carboxylic acids is 3. The van der Waals surface area contributed by atoms with Crippen molar-refractivity contribution in [3.63, 3.8) is 0 Å². The molecule has 0 aromatic heterocycles. The molecule has 3 amide bonds. The van der Waals surface area contributed by atoms with Gasteiger partial charge >= 0.3 is 5.97 Å². The van der Waals surface area contributed by atoms with Crippen molar-refractivity contribution in [3.05, 3.63) is 0 Å². The Morgan fingerprint density at radius 2 is 1.22 bits per heavy atom. The Morgan fingerprint density at radius 3 is 1.66 bits per heavy atom. The number of amides is 3. The lowest BCUT2D eigenvalue weighted by molar-refractivity contribution is -0.142. The van der Waals surface area contributed by atoms with E-state index in [0.717, 1.165) is 19.3 Å². The largest absolute Gasteiger partial charge is 0.480 e. The van der Waals surface area contributed by atoms with E-state index in [1.165, 1.54) is 71.1 Å². The fraction of sp³-hybridized carbons (Fsp3) is 0.833. The lowest BCUT2D eigenvalue weighted by atomic mass is 10.0. The maximum Gasteiger partial charge on any atom is 0.326 e. The van der Waals surface area contributed by atoms with E-state index < -0.39 is 29.9 Å². The number of primary amides is 1. The van der Waals surface area contributed by atoms with Gasteiger partial charge in [0.1, 0.15) is 12.1 Å². The number of hydrogen-bond donors (Lipinski definition) is 4. The van der Waals surface area contributed by atoms with Gasteiger partial charge in [0.25, 0.3) is 0 Å². The summed E-state index contributed by atoms with van der Waals surface area (Å²) in [5, 5.41) is 14.1. The van der Waals surface area contributed by atoms with E-state index in [1.54, 1.807) is 0 Å². The minimum absolute atomic E-state index is 0.0873. The van der Waals surface area contributed by atoms with Crippen molar-refractivity contribution in [2.24, 2.45) is 5.73 Å². The topological polar surface area (TPSA) is 139 Å². The molecule has 0 rings (SSSR count). The average Bonchev–Trinajstić information content (AvgIpc) is 2.73. The molecule has 186 valence electrons. The van der Waals surface area contributed by atoms with Crippen LogP contribution in [0.1, 0.15) is 117 Å². The lowest BCUT2D eigenvalue weighted by Gasteiger charge is -2.18. The summed E-state index contributed by atoms with van der Waals surface area (Å²) in [6.45, 7) is 3.74. The monoisotopic (exact) mass is 455 g/mol. The zero-order valence-electron chi connectivity index (χ0n) is 20.1. The van der Waals surface area contributed by atoms with Crippen molar-refractivity contribution >= 4 is 23.7 Å². The Balaban J connectivity index is 3.78. The molecule has 0 aliphatic rings. The van der Waals surface area contributed by atoms with E-state index in [2.05, 4.69) is 17.6 Å². The van der Waals surface area contributed by atoms with Crippen LogP contribution in [0.2, 0.25) is 0 Å². The minimum atomic E-state index is -1.25. The summed E-state index contributed by atoms with van der Waals surface area (Å²) in [6.07, 6.45) is 16.1. The molecule has 0 bridgehead atoms. The van der Waals surface area contributed by atoms with Crippen molar-refractivity contribution in [2.45, 2.75) is 129 Å². The number of nitrogens with one attached hydrogen (secondary N) is 2. The third kappa shape index (κ3) is 17.5. The van der Waals surface area contributed by atoms with Crippen molar-refractivity contribution in [1.29, 1.82) is 0 Å². The van der Waals surface area contributed by atoms with Gasteiger partial charge in [-0.15, -0.1) is 0 Å². The van der Waals surface area contributed by atoms with Crippen LogP contribution in [0.5, 0.6) is 0 Å². The van der Waals surface area contributed by atoms with E-state index in [0.29, 0.717) is 6.42 Å². The Morgan fingerprint density at radius 1 is 0.750 bits per heavy atom. The molecule has 0 fully saturated rings. The predicted octanol–water partition coefficient (Wildman–Crippen LogP) is 3.81. The molecule has 0 aromatic rings. The molecule has 2 atom stereocenters. The van der Waals surface area contributed by atoms with Crippen LogP contribution >= 0.6 is 0 Å². The van der Waals surface area contributed by atoms with Crippen molar-refractivity contribution in [3.8, 4) is 0 Å². The minimum Gasteiger partial charge on any atom is -0.480 e. The number of nitrogens with two attached hydrogens (primary N) is 1. The molecule has 8 nitrogen and oxygen atoms in total. The maximum absolute atomic E-state index is 12.1. The molecule has 32 heavy (non-hydrogen) atoms. The van der Waals surface area contributed by atoms with E-state index >= 15 is 0 Å². The van der Waals surface area contributed by atoms with Crippen LogP contribution in [0, 0.1) is 0 Å². The highest BCUT2D eigenvalue weighted by Crippen LogP contribution is 2.13. The van der Waals surface area contributed by atoms with Crippen molar-refractivity contribution < 1.29 is 24.3 Å². The fourth-order valence-corrected chi connectivity index (χ4v) is 3.52. The van der Waals surface area contributed by atoms with E-state index in [4.69, 9.17) is 10.8 Å². The summed E-state index contributed by atoms with van der Waals surface area (Å²) in [4.78, 5) is 46.2. The van der Waals surface area contributed by atoms with Gasteiger partial charge in [0.15, 0.2) is 0 Å². The number of unbranched alkanes of at least 4 members (excludes halogenated alkanes) is 12. The van der Waals surface area contributed by atoms with Gasteiger partial charge in [-0.1, -0.05) is 84.0 Å². The number of carbonyl (C=O) groups is 4. The molecule has 0 unspecified atom stereocenters. The second-order valence-electron chi connectivity index (χ2n) is 8.69. The third-order valence-electron chi connectivity index (χ3n) is 5.57. The highest BCUT2D eigenvalue weighted by molar-refractivity contribution is 5.90. The van der Waals surface area contributed by atoms with E-state index in [-0.39, 0.29) is 18.7 Å². The summed E-state index contributed by atoms with van der Waals surface area (Å²) < 4.78 is 0. The van der Waals surface area contributed by atoms with E-state index in [9.17, 15) is 19.2 Å². The smallest absolute Gasteiger partial charge is 0.326 e. The fourth-order valence-electron chi connectivity index (χ4n) is 3.52. The third-order valence-corrected chi connectivity index (χ3v) is 5.57. The van der Waals surface area contributed by atoms with Crippen LogP contribution in [0.4, 0.5) is 0 Å². The Bertz CT molecular complexity index is 554. The Labute approximate surface area is 193 Å². The molecule has 0 spiro atoms. The first kappa shape index (κ1) is 29.9. The van der Waals surface area contributed by atoms with Crippen LogP contribution in [0.15, 0.2) is 0 Å². The van der Waals surface area contributed by atoms with Gasteiger partial charge in [-0.25, -0.2) is 4.79 Å². The van der Waals surface area contributed by atoms with Crippen molar-refractivity contribution in [1.82, 2.24) is 10.6 Å². The predicted molar refractivity (Wildman–Crippen MR) is 126 cm³/mol. The summed E-state index contributed by atoms with van der Waals surface area (Å²) in [5.74, 6) is -2.70. The normalized spacial score (nSPS) is 12.7. The van der Waals surface area contributed by atoms with Crippen LogP contribution in [0.3, 0.4) is 0 Å². The Hall–Kier alpha value is -2.12. The summed E-state index contributed by atoms with van der Waals surface area (Å²) in [5.41, 5.74) is 5.02. The molecule has 0 saturated heterocycles. The zero-order valence-corrected chi connectivity index (χ0v) is 20.1. The molecule has 0 radical (unpaired) electrons. The first-order chi connectivity index (χ1) is 15.3. The first-order valence-corrected chi connectivity index (χ1v) is 12.4. The SMILES string of the molecule is CCCCCCCCCCCCCCCC(=O)N[C@@H](C)C(=O)N[C@@H](CCC(N)=O)C(=O)O. The quantitative estimate of drug-likeness (QED) is 0.195. The van der Waals surface area contributed by atoms with Gasteiger partial charge in [-0.05, 0) is 19.8 Å². The lowest BCUT2D eigenvalue weighted by Crippen LogP contribution is -2.50. The van der Waals surface area contributed by atoms with Gasteiger partial charge in [0.2, 0.25) is 17.7 Å². The van der Waals surface area contributed by atoms with Gasteiger partial charge in [0.05, 0.1) is 0 Å². The summed E-state index contributed by atoms with van der Waals surface area (Å²) in [6, 6.07) is -2.06. The highest BCUT2D eigenvalue weighted by Gasteiger charge is 2.24. The molecule has 0 aliphatic heterocycles. The van der Waals surface area contributed by atoms with E-state index in [1.807, 2.05) is 0 Å². The van der Waals surface area contributed by atoms with Gasteiger partial charge in [-0.3, -0.25) is 14.4 Å². The zero-order chi connectivity index (χ0) is 24.2. The van der Waals surface area contributed by atoms with Crippen LogP contribution < -0.4 is 16.4 Å². The highest BCUT2D eigenvalue weighted by atomic mass is 16.4.